The number of hydrogen-bond acceptors (Lipinski definition) is 9. The van der Waals surface area contributed by atoms with Crippen molar-refractivity contribution in [2.75, 3.05) is 25.3 Å². The standard InChI is InChI=1S/C24H25ClN4O6S/c1-5-29-21(14(2)35-19-9-7-6-8-17(19)25)27-28-24(29)36-13-20(30)26-18-12-15(22(31)33-3)10-11-16(18)23(32)34-4/h6-12,14H,5,13H2,1-4H3,(H,26,30). The van der Waals surface area contributed by atoms with E-state index in [1.807, 2.05) is 30.5 Å². The number of nitrogens with zero attached hydrogens (tertiary/aromatic N) is 3. The fourth-order valence-electron chi connectivity index (χ4n) is 3.29. The van der Waals surface area contributed by atoms with Gasteiger partial charge in [0, 0.05) is 6.54 Å². The molecule has 36 heavy (non-hydrogen) atoms. The van der Waals surface area contributed by atoms with Crippen molar-refractivity contribution in [2.24, 2.45) is 0 Å². The Kier molecular flexibility index (Phi) is 9.31. The molecule has 1 atom stereocenters. The van der Waals surface area contributed by atoms with Crippen LogP contribution < -0.4 is 10.1 Å². The van der Waals surface area contributed by atoms with Crippen molar-refractivity contribution in [3.8, 4) is 5.75 Å². The summed E-state index contributed by atoms with van der Waals surface area (Å²) in [6.07, 6.45) is -0.441. The first-order valence-corrected chi connectivity index (χ1v) is 12.2. The number of rotatable bonds is 10. The van der Waals surface area contributed by atoms with Gasteiger partial charge in [0.1, 0.15) is 5.75 Å². The van der Waals surface area contributed by atoms with Gasteiger partial charge >= 0.3 is 11.9 Å². The highest BCUT2D eigenvalue weighted by atomic mass is 35.5. The van der Waals surface area contributed by atoms with Gasteiger partial charge in [0.15, 0.2) is 17.1 Å². The SMILES string of the molecule is CCn1c(SCC(=O)Nc2cc(C(=O)OC)ccc2C(=O)OC)nnc1C(C)Oc1ccccc1Cl. The van der Waals surface area contributed by atoms with Gasteiger partial charge in [0.25, 0.3) is 0 Å². The van der Waals surface area contributed by atoms with Crippen LogP contribution in [-0.4, -0.2) is 52.6 Å². The van der Waals surface area contributed by atoms with Gasteiger partial charge in [-0.1, -0.05) is 35.5 Å². The maximum absolute atomic E-state index is 12.7. The Morgan fingerprint density at radius 2 is 1.81 bits per heavy atom. The average Bonchev–Trinajstić information content (AvgIpc) is 3.31. The number of esters is 2. The number of methoxy groups -OCH3 is 2. The highest BCUT2D eigenvalue weighted by Crippen LogP contribution is 2.29. The van der Waals surface area contributed by atoms with Crippen molar-refractivity contribution >= 4 is 46.9 Å². The maximum Gasteiger partial charge on any atom is 0.339 e. The van der Waals surface area contributed by atoms with Gasteiger partial charge in [-0.15, -0.1) is 10.2 Å². The number of carbonyl (C=O) groups excluding carboxylic acids is 3. The van der Waals surface area contributed by atoms with Crippen molar-refractivity contribution in [2.45, 2.75) is 31.7 Å². The van der Waals surface area contributed by atoms with Gasteiger partial charge in [0.05, 0.1) is 41.8 Å². The van der Waals surface area contributed by atoms with Crippen LogP contribution in [0.3, 0.4) is 0 Å². The molecular weight excluding hydrogens is 508 g/mol. The third-order valence-electron chi connectivity index (χ3n) is 5.02. The number of benzene rings is 2. The molecule has 3 rings (SSSR count). The van der Waals surface area contributed by atoms with E-state index in [2.05, 4.69) is 15.5 Å². The monoisotopic (exact) mass is 532 g/mol. The number of thioether (sulfide) groups is 1. The summed E-state index contributed by atoms with van der Waals surface area (Å²) in [6, 6.07) is 11.3. The van der Waals surface area contributed by atoms with Crippen molar-refractivity contribution in [1.29, 1.82) is 0 Å². The molecular formula is C24H25ClN4O6S. The molecule has 0 fully saturated rings. The molecule has 0 bridgehead atoms. The minimum atomic E-state index is -0.655. The van der Waals surface area contributed by atoms with E-state index in [4.69, 9.17) is 25.8 Å². The summed E-state index contributed by atoms with van der Waals surface area (Å²) >= 11 is 7.36. The minimum absolute atomic E-state index is 0.0268. The Bertz CT molecular complexity index is 1270. The fraction of sp³-hybridized carbons (Fsp3) is 0.292. The number of carbonyl (C=O) groups is 3. The quantitative estimate of drug-likeness (QED) is 0.299. The van der Waals surface area contributed by atoms with E-state index in [1.54, 1.807) is 12.1 Å². The van der Waals surface area contributed by atoms with Crippen LogP contribution >= 0.6 is 23.4 Å². The largest absolute Gasteiger partial charge is 0.481 e. The molecule has 1 aromatic heterocycles. The Morgan fingerprint density at radius 3 is 2.47 bits per heavy atom. The summed E-state index contributed by atoms with van der Waals surface area (Å²) < 4.78 is 17.3. The van der Waals surface area contributed by atoms with E-state index < -0.39 is 23.9 Å². The Hall–Kier alpha value is -3.57. The van der Waals surface area contributed by atoms with E-state index in [-0.39, 0.29) is 22.6 Å². The average molecular weight is 533 g/mol. The van der Waals surface area contributed by atoms with Crippen LogP contribution in [0.2, 0.25) is 5.02 Å². The molecule has 1 N–H and O–H groups in total. The molecule has 0 aliphatic heterocycles. The van der Waals surface area contributed by atoms with Crippen LogP contribution in [0.25, 0.3) is 0 Å². The molecule has 0 aliphatic carbocycles. The summed E-state index contributed by atoms with van der Waals surface area (Å²) in [5.41, 5.74) is 0.416. The predicted octanol–water partition coefficient (Wildman–Crippen LogP) is 4.40. The fourth-order valence-corrected chi connectivity index (χ4v) is 4.27. The molecule has 1 heterocycles. The molecule has 0 radical (unpaired) electrons. The highest BCUT2D eigenvalue weighted by molar-refractivity contribution is 7.99. The molecule has 2 aromatic carbocycles. The van der Waals surface area contributed by atoms with Gasteiger partial charge in [0.2, 0.25) is 5.91 Å². The summed E-state index contributed by atoms with van der Waals surface area (Å²) in [7, 11) is 2.47. The van der Waals surface area contributed by atoms with Crippen LogP contribution in [0.1, 0.15) is 46.5 Å². The third-order valence-corrected chi connectivity index (χ3v) is 6.30. The first-order valence-electron chi connectivity index (χ1n) is 10.9. The summed E-state index contributed by atoms with van der Waals surface area (Å²) in [4.78, 5) is 36.7. The topological polar surface area (TPSA) is 122 Å². The number of hydrogen-bond donors (Lipinski definition) is 1. The lowest BCUT2D eigenvalue weighted by molar-refractivity contribution is -0.113. The number of ether oxygens (including phenoxy) is 3. The molecule has 0 saturated carbocycles. The van der Waals surface area contributed by atoms with Crippen molar-refractivity contribution in [1.82, 2.24) is 14.8 Å². The van der Waals surface area contributed by atoms with Gasteiger partial charge < -0.3 is 24.1 Å². The summed E-state index contributed by atoms with van der Waals surface area (Å²) in [5.74, 6) is -0.591. The van der Waals surface area contributed by atoms with E-state index >= 15 is 0 Å². The minimum Gasteiger partial charge on any atom is -0.481 e. The van der Waals surface area contributed by atoms with Crippen LogP contribution in [0.5, 0.6) is 5.75 Å². The van der Waals surface area contributed by atoms with Crippen LogP contribution in [-0.2, 0) is 20.8 Å². The number of halogens is 1. The second kappa shape index (κ2) is 12.4. The van der Waals surface area contributed by atoms with E-state index in [0.29, 0.717) is 28.3 Å². The van der Waals surface area contributed by atoms with Gasteiger partial charge in [-0.05, 0) is 44.2 Å². The molecule has 3 aromatic rings. The van der Waals surface area contributed by atoms with E-state index in [9.17, 15) is 14.4 Å². The van der Waals surface area contributed by atoms with E-state index in [0.717, 1.165) is 0 Å². The molecule has 190 valence electrons. The second-order valence-corrected chi connectivity index (χ2v) is 8.71. The van der Waals surface area contributed by atoms with Crippen molar-refractivity contribution < 1.29 is 28.6 Å². The Labute approximate surface area is 217 Å². The van der Waals surface area contributed by atoms with Crippen LogP contribution in [0.4, 0.5) is 5.69 Å². The van der Waals surface area contributed by atoms with Crippen molar-refractivity contribution in [3.63, 3.8) is 0 Å². The molecule has 0 spiro atoms. The highest BCUT2D eigenvalue weighted by Gasteiger charge is 2.21. The molecule has 10 nitrogen and oxygen atoms in total. The van der Waals surface area contributed by atoms with Crippen LogP contribution in [0.15, 0.2) is 47.6 Å². The number of amides is 1. The zero-order valence-electron chi connectivity index (χ0n) is 20.1. The smallest absolute Gasteiger partial charge is 0.339 e. The van der Waals surface area contributed by atoms with Gasteiger partial charge in [-0.2, -0.15) is 0 Å². The molecule has 0 aliphatic rings. The van der Waals surface area contributed by atoms with Gasteiger partial charge in [-0.3, -0.25) is 4.79 Å². The lowest BCUT2D eigenvalue weighted by Crippen LogP contribution is -2.18. The Balaban J connectivity index is 1.72. The number of aromatic nitrogens is 3. The van der Waals surface area contributed by atoms with Crippen LogP contribution in [0, 0.1) is 0 Å². The molecule has 0 saturated heterocycles. The normalized spacial score (nSPS) is 11.5. The number of nitrogens with one attached hydrogen (secondary N) is 1. The predicted molar refractivity (Wildman–Crippen MR) is 135 cm³/mol. The lowest BCUT2D eigenvalue weighted by Gasteiger charge is -2.16. The third kappa shape index (κ3) is 6.35. The second-order valence-electron chi connectivity index (χ2n) is 7.36. The van der Waals surface area contributed by atoms with E-state index in [1.165, 1.54) is 44.2 Å². The zero-order chi connectivity index (χ0) is 26.2. The van der Waals surface area contributed by atoms with Gasteiger partial charge in [-0.25, -0.2) is 9.59 Å². The Morgan fingerprint density at radius 1 is 1.08 bits per heavy atom. The maximum atomic E-state index is 12.7. The number of anilines is 1. The first-order chi connectivity index (χ1) is 17.3. The van der Waals surface area contributed by atoms with Crippen molar-refractivity contribution in [3.05, 3.63) is 64.4 Å². The summed E-state index contributed by atoms with van der Waals surface area (Å²) in [6.45, 7) is 4.32. The lowest BCUT2D eigenvalue weighted by atomic mass is 10.1. The molecule has 1 unspecified atom stereocenters. The summed E-state index contributed by atoms with van der Waals surface area (Å²) in [5, 5.41) is 12.1. The molecule has 12 heteroatoms. The first kappa shape index (κ1) is 27.0. The number of para-hydroxylation sites is 1. The zero-order valence-corrected chi connectivity index (χ0v) is 21.7. The molecule has 1 amide bonds.